The van der Waals surface area contributed by atoms with E-state index in [-0.39, 0.29) is 23.2 Å². The van der Waals surface area contributed by atoms with E-state index in [4.69, 9.17) is 16.3 Å². The number of hydrogen-bond donors (Lipinski definition) is 2. The predicted octanol–water partition coefficient (Wildman–Crippen LogP) is 0.931. The van der Waals surface area contributed by atoms with E-state index in [1.807, 2.05) is 4.90 Å². The number of ether oxygens (including phenoxy) is 1. The molecule has 0 aromatic carbocycles. The van der Waals surface area contributed by atoms with Crippen LogP contribution >= 0.6 is 11.6 Å². The van der Waals surface area contributed by atoms with Crippen LogP contribution in [0.4, 0.5) is 10.5 Å². The van der Waals surface area contributed by atoms with Crippen molar-refractivity contribution in [2.24, 2.45) is 0 Å². The van der Waals surface area contributed by atoms with Gasteiger partial charge in [0.2, 0.25) is 10.0 Å². The number of aromatic amines is 1. The van der Waals surface area contributed by atoms with Gasteiger partial charge in [-0.3, -0.25) is 4.79 Å². The van der Waals surface area contributed by atoms with Crippen LogP contribution in [0.3, 0.4) is 0 Å². The van der Waals surface area contributed by atoms with Gasteiger partial charge in [-0.2, -0.15) is 5.10 Å². The number of nitrogens with zero attached hydrogens (tertiary/aromatic N) is 3. The molecule has 1 aromatic heterocycles. The summed E-state index contributed by atoms with van der Waals surface area (Å²) in [6, 6.07) is -0.0645. The average Bonchev–Trinajstić information content (AvgIpc) is 3.11. The van der Waals surface area contributed by atoms with Crippen LogP contribution in [0, 0.1) is 0 Å². The molecule has 1 saturated heterocycles. The van der Waals surface area contributed by atoms with Crippen LogP contribution in [0.25, 0.3) is 0 Å². The second-order valence-corrected chi connectivity index (χ2v) is 10.0. The first-order valence-electron chi connectivity index (χ1n) is 9.53. The highest BCUT2D eigenvalue weighted by atomic mass is 35.5. The van der Waals surface area contributed by atoms with Crippen LogP contribution in [0.1, 0.15) is 32.1 Å². The number of sulfonamides is 1. The van der Waals surface area contributed by atoms with Gasteiger partial charge in [-0.15, -0.1) is 0 Å². The third kappa shape index (κ3) is 5.40. The van der Waals surface area contributed by atoms with Crippen molar-refractivity contribution in [2.75, 3.05) is 31.3 Å². The van der Waals surface area contributed by atoms with Gasteiger partial charge >= 0.3 is 6.09 Å². The number of aromatic nitrogens is 2. The van der Waals surface area contributed by atoms with E-state index in [1.165, 1.54) is 16.8 Å². The summed E-state index contributed by atoms with van der Waals surface area (Å²) in [5, 5.41) is 8.98. The lowest BCUT2D eigenvalue weighted by molar-refractivity contribution is 0.101. The standard InChI is InChI=1S/C17H26ClN5O5S/c1-22(29(2,26)27)12-5-3-11(4-6-12)20-17(25)28-13-7-8-23(10-13)14-9-19-21-16(24)15(14)18/h9,11-13H,3-8,10H2,1-2H3,(H,20,25)(H,21,24)/t11-,12-,13-/m1/s1. The SMILES string of the molecule is CN([C@H]1CC[C@H](NC(=O)O[C@@H]2CCN(c3cn[nH]c(=O)c3Cl)C2)CC1)S(C)(=O)=O. The molecule has 1 aliphatic carbocycles. The monoisotopic (exact) mass is 447 g/mol. The molecule has 3 rings (SSSR count). The maximum atomic E-state index is 12.3. The highest BCUT2D eigenvalue weighted by molar-refractivity contribution is 7.88. The molecule has 0 bridgehead atoms. The largest absolute Gasteiger partial charge is 0.444 e. The number of amides is 1. The lowest BCUT2D eigenvalue weighted by atomic mass is 9.91. The number of carbonyl (C=O) groups excluding carboxylic acids is 1. The minimum Gasteiger partial charge on any atom is -0.444 e. The Morgan fingerprint density at radius 3 is 2.69 bits per heavy atom. The molecule has 1 aromatic rings. The average molecular weight is 448 g/mol. The molecule has 10 nitrogen and oxygen atoms in total. The molecular formula is C17H26ClN5O5S. The number of H-pyrrole nitrogens is 1. The van der Waals surface area contributed by atoms with Crippen LogP contribution in [0.5, 0.6) is 0 Å². The molecule has 162 valence electrons. The van der Waals surface area contributed by atoms with Crippen molar-refractivity contribution in [3.63, 3.8) is 0 Å². The second-order valence-electron chi connectivity index (χ2n) is 7.59. The topological polar surface area (TPSA) is 125 Å². The van der Waals surface area contributed by atoms with E-state index in [2.05, 4.69) is 15.5 Å². The van der Waals surface area contributed by atoms with Gasteiger partial charge in [0.25, 0.3) is 5.56 Å². The molecule has 0 radical (unpaired) electrons. The van der Waals surface area contributed by atoms with Gasteiger partial charge < -0.3 is 15.0 Å². The van der Waals surface area contributed by atoms with Crippen molar-refractivity contribution >= 4 is 33.4 Å². The summed E-state index contributed by atoms with van der Waals surface area (Å²) in [5.74, 6) is 0. The summed E-state index contributed by atoms with van der Waals surface area (Å²) in [7, 11) is -1.62. The van der Waals surface area contributed by atoms with E-state index >= 15 is 0 Å². The smallest absolute Gasteiger partial charge is 0.407 e. The van der Waals surface area contributed by atoms with Gasteiger partial charge in [0.15, 0.2) is 0 Å². The maximum absolute atomic E-state index is 12.3. The predicted molar refractivity (Wildman–Crippen MR) is 109 cm³/mol. The summed E-state index contributed by atoms with van der Waals surface area (Å²) in [6.45, 7) is 1.04. The molecule has 1 aliphatic heterocycles. The zero-order valence-corrected chi connectivity index (χ0v) is 18.0. The number of nitrogens with one attached hydrogen (secondary N) is 2. The molecule has 1 amide bonds. The molecule has 12 heteroatoms. The maximum Gasteiger partial charge on any atom is 0.407 e. The number of hydrogen-bond acceptors (Lipinski definition) is 7. The van der Waals surface area contributed by atoms with Gasteiger partial charge in [0.05, 0.1) is 24.7 Å². The normalized spacial score (nSPS) is 25.2. The van der Waals surface area contributed by atoms with Crippen molar-refractivity contribution in [3.05, 3.63) is 21.6 Å². The van der Waals surface area contributed by atoms with E-state index in [1.54, 1.807) is 7.05 Å². The van der Waals surface area contributed by atoms with Gasteiger partial charge in [-0.05, 0) is 25.7 Å². The summed E-state index contributed by atoms with van der Waals surface area (Å²) < 4.78 is 30.2. The summed E-state index contributed by atoms with van der Waals surface area (Å²) in [6.07, 6.45) is 5.31. The van der Waals surface area contributed by atoms with Crippen LogP contribution in [-0.2, 0) is 14.8 Å². The minimum absolute atomic E-state index is 0.0319. The van der Waals surface area contributed by atoms with Crippen molar-refractivity contribution in [1.29, 1.82) is 0 Å². The quantitative estimate of drug-likeness (QED) is 0.687. The Morgan fingerprint density at radius 1 is 1.34 bits per heavy atom. The van der Waals surface area contributed by atoms with E-state index in [9.17, 15) is 18.0 Å². The summed E-state index contributed by atoms with van der Waals surface area (Å²) >= 11 is 6.03. The lowest BCUT2D eigenvalue weighted by Gasteiger charge is -2.33. The van der Waals surface area contributed by atoms with Gasteiger partial charge in [-0.25, -0.2) is 22.6 Å². The highest BCUT2D eigenvalue weighted by Gasteiger charge is 2.31. The van der Waals surface area contributed by atoms with Crippen LogP contribution in [0.2, 0.25) is 5.02 Å². The lowest BCUT2D eigenvalue weighted by Crippen LogP contribution is -2.45. The van der Waals surface area contributed by atoms with Gasteiger partial charge in [-0.1, -0.05) is 11.6 Å². The van der Waals surface area contributed by atoms with E-state index < -0.39 is 21.7 Å². The van der Waals surface area contributed by atoms with Crippen LogP contribution in [0.15, 0.2) is 11.0 Å². The molecule has 29 heavy (non-hydrogen) atoms. The Hall–Kier alpha value is -1.85. The Balaban J connectivity index is 1.45. The summed E-state index contributed by atoms with van der Waals surface area (Å²) in [4.78, 5) is 25.7. The highest BCUT2D eigenvalue weighted by Crippen LogP contribution is 2.26. The number of anilines is 1. The van der Waals surface area contributed by atoms with Crippen LogP contribution < -0.4 is 15.8 Å². The van der Waals surface area contributed by atoms with Gasteiger partial charge in [0, 0.05) is 32.1 Å². The molecular weight excluding hydrogens is 422 g/mol. The zero-order chi connectivity index (χ0) is 21.2. The Kier molecular flexibility index (Phi) is 6.69. The molecule has 1 atom stereocenters. The molecule has 0 spiro atoms. The summed E-state index contributed by atoms with van der Waals surface area (Å²) in [5.41, 5.74) is 0.0682. The molecule has 2 heterocycles. The fourth-order valence-electron chi connectivity index (χ4n) is 3.84. The number of rotatable bonds is 5. The third-order valence-electron chi connectivity index (χ3n) is 5.59. The van der Waals surface area contributed by atoms with Crippen molar-refractivity contribution in [3.8, 4) is 0 Å². The van der Waals surface area contributed by atoms with Crippen molar-refractivity contribution in [1.82, 2.24) is 19.8 Å². The Morgan fingerprint density at radius 2 is 2.03 bits per heavy atom. The van der Waals surface area contributed by atoms with Crippen molar-refractivity contribution < 1.29 is 17.9 Å². The molecule has 2 N–H and O–H groups in total. The fourth-order valence-corrected chi connectivity index (χ4v) is 4.81. The first-order valence-corrected chi connectivity index (χ1v) is 11.8. The fraction of sp³-hybridized carbons (Fsp3) is 0.706. The second kappa shape index (κ2) is 8.88. The third-order valence-corrected chi connectivity index (χ3v) is 7.30. The van der Waals surface area contributed by atoms with E-state index in [0.717, 1.165) is 0 Å². The molecule has 1 saturated carbocycles. The molecule has 2 fully saturated rings. The van der Waals surface area contributed by atoms with Crippen LogP contribution in [-0.4, -0.2) is 73.6 Å². The molecule has 0 unspecified atom stereocenters. The number of alkyl carbamates (subject to hydrolysis) is 1. The Bertz CT molecular complexity index is 900. The van der Waals surface area contributed by atoms with E-state index in [0.29, 0.717) is 50.9 Å². The minimum atomic E-state index is -3.21. The Labute approximate surface area is 174 Å². The van der Waals surface area contributed by atoms with Gasteiger partial charge in [0.1, 0.15) is 11.1 Å². The zero-order valence-electron chi connectivity index (χ0n) is 16.4. The number of halogens is 1. The first kappa shape index (κ1) is 21.8. The van der Waals surface area contributed by atoms with Crippen molar-refractivity contribution in [2.45, 2.75) is 50.3 Å². The number of carbonyl (C=O) groups is 1. The molecule has 2 aliphatic rings. The first-order chi connectivity index (χ1) is 13.6.